The Morgan fingerprint density at radius 3 is 2.76 bits per heavy atom. The predicted molar refractivity (Wildman–Crippen MR) is 56.8 cm³/mol. The van der Waals surface area contributed by atoms with Crippen molar-refractivity contribution in [3.63, 3.8) is 0 Å². The van der Waals surface area contributed by atoms with Gasteiger partial charge in [-0.25, -0.2) is 4.79 Å². The number of ether oxygens (including phenoxy) is 2. The fraction of sp³-hybridized carbons (Fsp3) is 0.300. The van der Waals surface area contributed by atoms with E-state index < -0.39 is 12.6 Å². The molecule has 0 aliphatic heterocycles. The van der Waals surface area contributed by atoms with Gasteiger partial charge in [-0.2, -0.15) is 8.78 Å². The summed E-state index contributed by atoms with van der Waals surface area (Å²) < 4.78 is 33.2. The second-order valence-corrected chi connectivity index (χ2v) is 2.95. The number of halogens is 2. The highest BCUT2D eigenvalue weighted by Crippen LogP contribution is 2.26. The second kappa shape index (κ2) is 6.00. The van der Waals surface area contributed by atoms with Crippen LogP contribution in [0.3, 0.4) is 0 Å². The van der Waals surface area contributed by atoms with Crippen LogP contribution in [0.25, 0.3) is 0 Å². The lowest BCUT2D eigenvalue weighted by molar-refractivity contribution is -0.0494. The quantitative estimate of drug-likeness (QED) is 0.470. The highest BCUT2D eigenvalue weighted by Gasteiger charge is 2.14. The summed E-state index contributed by atoms with van der Waals surface area (Å²) in [7, 11) is 0. The van der Waals surface area contributed by atoms with Gasteiger partial charge in [0, 0.05) is 0 Å². The van der Waals surface area contributed by atoms with Gasteiger partial charge in [0.1, 0.15) is 0 Å². The minimum atomic E-state index is -3.00. The number of nitrogens with two attached hydrogens (primary N) is 1. The van der Waals surface area contributed by atoms with E-state index in [0.717, 1.165) is 6.07 Å². The Bertz CT molecular complexity index is 399. The van der Waals surface area contributed by atoms with E-state index in [9.17, 15) is 13.6 Å². The maximum Gasteiger partial charge on any atom is 0.387 e. The maximum absolute atomic E-state index is 12.1. The van der Waals surface area contributed by atoms with Gasteiger partial charge in [0.2, 0.25) is 0 Å². The van der Waals surface area contributed by atoms with Crippen LogP contribution < -0.4 is 16.0 Å². The molecule has 0 saturated carbocycles. The van der Waals surface area contributed by atoms with Gasteiger partial charge in [-0.3, -0.25) is 5.84 Å². The monoisotopic (exact) mass is 246 g/mol. The first-order valence-electron chi connectivity index (χ1n) is 4.81. The SMILES string of the molecule is CCOC(=O)c1ccc(NN)c(OC(F)F)c1. The molecule has 0 bridgehead atoms. The zero-order chi connectivity index (χ0) is 12.8. The Hall–Kier alpha value is -1.89. The molecule has 0 aromatic heterocycles. The van der Waals surface area contributed by atoms with Crippen LogP contribution in [0.1, 0.15) is 17.3 Å². The number of esters is 1. The summed E-state index contributed by atoms with van der Waals surface area (Å²) >= 11 is 0. The summed E-state index contributed by atoms with van der Waals surface area (Å²) in [6.45, 7) is -1.16. The van der Waals surface area contributed by atoms with Crippen molar-refractivity contribution in [3.8, 4) is 5.75 Å². The smallest absolute Gasteiger partial charge is 0.387 e. The zero-order valence-electron chi connectivity index (χ0n) is 9.07. The molecule has 0 saturated heterocycles. The summed E-state index contributed by atoms with van der Waals surface area (Å²) in [4.78, 5) is 11.4. The van der Waals surface area contributed by atoms with Crippen molar-refractivity contribution in [3.05, 3.63) is 23.8 Å². The van der Waals surface area contributed by atoms with Gasteiger partial charge in [0.25, 0.3) is 0 Å². The van der Waals surface area contributed by atoms with Crippen LogP contribution in [0.4, 0.5) is 14.5 Å². The van der Waals surface area contributed by atoms with Crippen molar-refractivity contribution in [2.75, 3.05) is 12.0 Å². The lowest BCUT2D eigenvalue weighted by Gasteiger charge is -2.11. The molecular weight excluding hydrogens is 234 g/mol. The van der Waals surface area contributed by atoms with Crippen LogP contribution in [-0.2, 0) is 4.74 Å². The number of carbonyl (C=O) groups excluding carboxylic acids is 1. The zero-order valence-corrected chi connectivity index (χ0v) is 9.07. The van der Waals surface area contributed by atoms with Crippen LogP contribution in [0, 0.1) is 0 Å². The molecule has 1 aromatic carbocycles. The Kier molecular flexibility index (Phi) is 4.65. The molecule has 17 heavy (non-hydrogen) atoms. The Balaban J connectivity index is 2.99. The summed E-state index contributed by atoms with van der Waals surface area (Å²) in [5.74, 6) is 4.29. The molecule has 94 valence electrons. The lowest BCUT2D eigenvalue weighted by atomic mass is 10.2. The molecule has 5 nitrogen and oxygen atoms in total. The van der Waals surface area contributed by atoms with Crippen molar-refractivity contribution in [1.29, 1.82) is 0 Å². The molecule has 0 fully saturated rings. The maximum atomic E-state index is 12.1. The Morgan fingerprint density at radius 2 is 2.24 bits per heavy atom. The minimum absolute atomic E-state index is 0.113. The number of nitrogens with one attached hydrogen (secondary N) is 1. The third-order valence-corrected chi connectivity index (χ3v) is 1.86. The van der Waals surface area contributed by atoms with Crippen LogP contribution >= 0.6 is 0 Å². The third kappa shape index (κ3) is 3.56. The van der Waals surface area contributed by atoms with Crippen molar-refractivity contribution in [2.45, 2.75) is 13.5 Å². The van der Waals surface area contributed by atoms with E-state index in [2.05, 4.69) is 10.2 Å². The number of benzene rings is 1. The van der Waals surface area contributed by atoms with Gasteiger partial charge in [0.05, 0.1) is 17.9 Å². The molecule has 7 heteroatoms. The van der Waals surface area contributed by atoms with E-state index >= 15 is 0 Å². The number of hydrazine groups is 1. The van der Waals surface area contributed by atoms with Crippen molar-refractivity contribution in [2.24, 2.45) is 5.84 Å². The number of hydrogen-bond donors (Lipinski definition) is 2. The molecule has 3 N–H and O–H groups in total. The van der Waals surface area contributed by atoms with E-state index in [1.165, 1.54) is 12.1 Å². The molecule has 1 aromatic rings. The molecule has 0 unspecified atom stereocenters. The van der Waals surface area contributed by atoms with E-state index in [4.69, 9.17) is 10.6 Å². The van der Waals surface area contributed by atoms with Gasteiger partial charge >= 0.3 is 12.6 Å². The van der Waals surface area contributed by atoms with Crippen LogP contribution in [0.15, 0.2) is 18.2 Å². The standard InChI is InChI=1S/C10H12F2N2O3/c1-2-16-9(15)6-3-4-7(14-13)8(5-6)17-10(11)12/h3-5,10,14H,2,13H2,1H3. The normalized spacial score (nSPS) is 10.2. The Labute approximate surface area is 96.5 Å². The minimum Gasteiger partial charge on any atom is -0.462 e. The number of anilines is 1. The molecule has 0 radical (unpaired) electrons. The van der Waals surface area contributed by atoms with Gasteiger partial charge in [0.15, 0.2) is 5.75 Å². The van der Waals surface area contributed by atoms with Gasteiger partial charge in [-0.05, 0) is 25.1 Å². The van der Waals surface area contributed by atoms with Crippen LogP contribution in [0.5, 0.6) is 5.75 Å². The highest BCUT2D eigenvalue weighted by molar-refractivity contribution is 5.90. The first-order valence-corrected chi connectivity index (χ1v) is 4.81. The largest absolute Gasteiger partial charge is 0.462 e. The lowest BCUT2D eigenvalue weighted by Crippen LogP contribution is -2.12. The summed E-state index contributed by atoms with van der Waals surface area (Å²) in [5, 5.41) is 0. The van der Waals surface area contributed by atoms with E-state index in [1.807, 2.05) is 0 Å². The summed E-state index contributed by atoms with van der Waals surface area (Å²) in [5.41, 5.74) is 2.45. The highest BCUT2D eigenvalue weighted by atomic mass is 19.3. The topological polar surface area (TPSA) is 73.6 Å². The molecular formula is C10H12F2N2O3. The first-order chi connectivity index (χ1) is 8.08. The van der Waals surface area contributed by atoms with Crippen LogP contribution in [0.2, 0.25) is 0 Å². The van der Waals surface area contributed by atoms with E-state index in [1.54, 1.807) is 6.92 Å². The van der Waals surface area contributed by atoms with E-state index in [-0.39, 0.29) is 23.6 Å². The molecule has 0 aliphatic rings. The summed E-state index contributed by atoms with van der Waals surface area (Å²) in [6.07, 6.45) is 0. The number of rotatable bonds is 5. The average Bonchev–Trinajstić information content (AvgIpc) is 2.28. The third-order valence-electron chi connectivity index (χ3n) is 1.86. The van der Waals surface area contributed by atoms with Crippen molar-refractivity contribution < 1.29 is 23.0 Å². The number of nitrogen functional groups attached to an aromatic ring is 1. The molecule has 0 amide bonds. The fourth-order valence-electron chi connectivity index (χ4n) is 1.18. The van der Waals surface area contributed by atoms with Crippen molar-refractivity contribution in [1.82, 2.24) is 0 Å². The molecule has 1 rings (SSSR count). The number of hydrogen-bond acceptors (Lipinski definition) is 5. The van der Waals surface area contributed by atoms with Gasteiger partial charge < -0.3 is 14.9 Å². The molecule has 0 aliphatic carbocycles. The fourth-order valence-corrected chi connectivity index (χ4v) is 1.18. The molecule has 0 spiro atoms. The first kappa shape index (κ1) is 13.2. The molecule has 0 heterocycles. The van der Waals surface area contributed by atoms with Crippen molar-refractivity contribution >= 4 is 11.7 Å². The average molecular weight is 246 g/mol. The predicted octanol–water partition coefficient (Wildman–Crippen LogP) is 1.75. The van der Waals surface area contributed by atoms with Gasteiger partial charge in [-0.1, -0.05) is 0 Å². The number of carbonyl (C=O) groups is 1. The van der Waals surface area contributed by atoms with Crippen LogP contribution in [-0.4, -0.2) is 19.2 Å². The van der Waals surface area contributed by atoms with Gasteiger partial charge in [-0.15, -0.1) is 0 Å². The second-order valence-electron chi connectivity index (χ2n) is 2.95. The Morgan fingerprint density at radius 1 is 1.53 bits per heavy atom. The van der Waals surface area contributed by atoms with E-state index in [0.29, 0.717) is 0 Å². The molecule has 0 atom stereocenters. The number of alkyl halides is 2. The summed E-state index contributed by atoms with van der Waals surface area (Å²) in [6, 6.07) is 3.88.